The average molecular weight is 315 g/mol. The van der Waals surface area contributed by atoms with Crippen LogP contribution in [0.1, 0.15) is 17.3 Å². The number of rotatable bonds is 5. The summed E-state index contributed by atoms with van der Waals surface area (Å²) in [6, 6.07) is 7.04. The maximum Gasteiger partial charge on any atom is 0.407 e. The number of amides is 2. The zero-order valence-electron chi connectivity index (χ0n) is 10.0. The lowest BCUT2D eigenvalue weighted by Crippen LogP contribution is -2.34. The van der Waals surface area contributed by atoms with Gasteiger partial charge in [0.25, 0.3) is 5.91 Å². The number of alkyl carbamates (subject to hydrolysis) is 1. The first-order chi connectivity index (χ1) is 8.63. The summed E-state index contributed by atoms with van der Waals surface area (Å²) in [5.41, 5.74) is 0.578. The third-order valence-electron chi connectivity index (χ3n) is 2.06. The summed E-state index contributed by atoms with van der Waals surface area (Å²) in [6.07, 6.45) is -0.476. The number of carbonyl (C=O) groups excluding carboxylic acids is 2. The highest BCUT2D eigenvalue weighted by molar-refractivity contribution is 9.10. The molecule has 98 valence electrons. The summed E-state index contributed by atoms with van der Waals surface area (Å²) in [5, 5.41) is 5.21. The summed E-state index contributed by atoms with van der Waals surface area (Å²) >= 11 is 3.30. The van der Waals surface area contributed by atoms with Gasteiger partial charge in [-0.2, -0.15) is 0 Å². The van der Waals surface area contributed by atoms with Gasteiger partial charge in [0.15, 0.2) is 0 Å². The molecule has 2 N–H and O–H groups in total. The van der Waals surface area contributed by atoms with Gasteiger partial charge < -0.3 is 15.4 Å². The molecule has 5 nitrogen and oxygen atoms in total. The summed E-state index contributed by atoms with van der Waals surface area (Å²) in [7, 11) is 0. The molecule has 0 unspecified atom stereocenters. The lowest BCUT2D eigenvalue weighted by Gasteiger charge is -2.07. The fourth-order valence-electron chi connectivity index (χ4n) is 1.23. The number of hydrogen-bond acceptors (Lipinski definition) is 3. The molecular formula is C12H15BrN2O3. The van der Waals surface area contributed by atoms with E-state index in [4.69, 9.17) is 0 Å². The second-order valence-electron chi connectivity index (χ2n) is 3.41. The molecule has 2 amide bonds. The SMILES string of the molecule is CCOC(=O)NCCNC(=O)c1ccc(Br)cc1. The Balaban J connectivity index is 2.25. The number of benzene rings is 1. The van der Waals surface area contributed by atoms with Gasteiger partial charge in [0.2, 0.25) is 0 Å². The van der Waals surface area contributed by atoms with Crippen LogP contribution in [0.25, 0.3) is 0 Å². The quantitative estimate of drug-likeness (QED) is 0.816. The summed E-state index contributed by atoms with van der Waals surface area (Å²) in [5.74, 6) is -0.173. The van der Waals surface area contributed by atoms with Crippen molar-refractivity contribution in [3.8, 4) is 0 Å². The molecule has 0 saturated heterocycles. The van der Waals surface area contributed by atoms with Gasteiger partial charge in [-0.1, -0.05) is 15.9 Å². The van der Waals surface area contributed by atoms with Gasteiger partial charge in [-0.3, -0.25) is 4.79 Å². The predicted octanol–water partition coefficient (Wildman–Crippen LogP) is 1.92. The first kappa shape index (κ1) is 14.5. The Kier molecular flexibility index (Phi) is 6.21. The molecule has 0 radical (unpaired) electrons. The van der Waals surface area contributed by atoms with Crippen LogP contribution in [-0.4, -0.2) is 31.7 Å². The van der Waals surface area contributed by atoms with Crippen LogP contribution >= 0.6 is 15.9 Å². The number of ether oxygens (including phenoxy) is 1. The van der Waals surface area contributed by atoms with E-state index in [1.165, 1.54) is 0 Å². The standard InChI is InChI=1S/C12H15BrN2O3/c1-2-18-12(17)15-8-7-14-11(16)9-3-5-10(13)6-4-9/h3-6H,2,7-8H2,1H3,(H,14,16)(H,15,17). The van der Waals surface area contributed by atoms with Gasteiger partial charge in [-0.15, -0.1) is 0 Å². The molecule has 0 aliphatic heterocycles. The fourth-order valence-corrected chi connectivity index (χ4v) is 1.49. The number of nitrogens with one attached hydrogen (secondary N) is 2. The van der Waals surface area contributed by atoms with E-state index in [1.807, 2.05) is 0 Å². The maximum absolute atomic E-state index is 11.7. The monoisotopic (exact) mass is 314 g/mol. The first-order valence-electron chi connectivity index (χ1n) is 5.58. The maximum atomic E-state index is 11.7. The van der Waals surface area contributed by atoms with E-state index >= 15 is 0 Å². The predicted molar refractivity (Wildman–Crippen MR) is 71.5 cm³/mol. The van der Waals surface area contributed by atoms with Crippen molar-refractivity contribution in [3.05, 3.63) is 34.3 Å². The lowest BCUT2D eigenvalue weighted by atomic mass is 10.2. The minimum absolute atomic E-state index is 0.173. The van der Waals surface area contributed by atoms with E-state index < -0.39 is 6.09 Å². The van der Waals surface area contributed by atoms with E-state index in [0.717, 1.165) is 4.47 Å². The van der Waals surface area contributed by atoms with Crippen LogP contribution in [0.15, 0.2) is 28.7 Å². The second kappa shape index (κ2) is 7.71. The molecule has 0 aliphatic carbocycles. The Morgan fingerprint density at radius 3 is 2.39 bits per heavy atom. The van der Waals surface area contributed by atoms with Crippen LogP contribution in [0, 0.1) is 0 Å². The van der Waals surface area contributed by atoms with Gasteiger partial charge in [0.05, 0.1) is 6.61 Å². The van der Waals surface area contributed by atoms with Crippen molar-refractivity contribution in [2.75, 3.05) is 19.7 Å². The summed E-state index contributed by atoms with van der Waals surface area (Å²) < 4.78 is 5.60. The first-order valence-corrected chi connectivity index (χ1v) is 6.37. The molecule has 0 fully saturated rings. The van der Waals surface area contributed by atoms with E-state index in [2.05, 4.69) is 31.3 Å². The molecule has 0 bridgehead atoms. The third-order valence-corrected chi connectivity index (χ3v) is 2.59. The van der Waals surface area contributed by atoms with Crippen molar-refractivity contribution in [1.29, 1.82) is 0 Å². The van der Waals surface area contributed by atoms with Crippen LogP contribution < -0.4 is 10.6 Å². The van der Waals surface area contributed by atoms with E-state index in [0.29, 0.717) is 25.3 Å². The Labute approximate surface area is 114 Å². The van der Waals surface area contributed by atoms with E-state index in [1.54, 1.807) is 31.2 Å². The zero-order chi connectivity index (χ0) is 13.4. The molecule has 6 heteroatoms. The molecule has 0 heterocycles. The molecule has 0 saturated carbocycles. The largest absolute Gasteiger partial charge is 0.450 e. The molecule has 1 rings (SSSR count). The highest BCUT2D eigenvalue weighted by Gasteiger charge is 2.04. The summed E-state index contributed by atoms with van der Waals surface area (Å²) in [6.45, 7) is 2.75. The van der Waals surface area contributed by atoms with Gasteiger partial charge >= 0.3 is 6.09 Å². The summed E-state index contributed by atoms with van der Waals surface area (Å²) in [4.78, 5) is 22.6. The number of halogens is 1. The van der Waals surface area contributed by atoms with Gasteiger partial charge in [0.1, 0.15) is 0 Å². The smallest absolute Gasteiger partial charge is 0.407 e. The Morgan fingerprint density at radius 1 is 1.17 bits per heavy atom. The van der Waals surface area contributed by atoms with Crippen molar-refractivity contribution >= 4 is 27.9 Å². The zero-order valence-corrected chi connectivity index (χ0v) is 11.6. The number of carbonyl (C=O) groups is 2. The highest BCUT2D eigenvalue weighted by atomic mass is 79.9. The minimum atomic E-state index is -0.476. The van der Waals surface area contributed by atoms with Gasteiger partial charge in [-0.05, 0) is 31.2 Å². The van der Waals surface area contributed by atoms with Crippen molar-refractivity contribution in [3.63, 3.8) is 0 Å². The molecule has 1 aromatic rings. The Hall–Kier alpha value is -1.56. The van der Waals surface area contributed by atoms with E-state index in [-0.39, 0.29) is 5.91 Å². The van der Waals surface area contributed by atoms with Gasteiger partial charge in [0, 0.05) is 23.1 Å². The molecule has 0 spiro atoms. The molecule has 0 atom stereocenters. The molecule has 0 aromatic heterocycles. The van der Waals surface area contributed by atoms with Crippen LogP contribution in [0.3, 0.4) is 0 Å². The second-order valence-corrected chi connectivity index (χ2v) is 4.33. The average Bonchev–Trinajstić information content (AvgIpc) is 2.35. The fraction of sp³-hybridized carbons (Fsp3) is 0.333. The van der Waals surface area contributed by atoms with Crippen molar-refractivity contribution < 1.29 is 14.3 Å². The van der Waals surface area contributed by atoms with Crippen LogP contribution in [-0.2, 0) is 4.74 Å². The normalized spacial score (nSPS) is 9.67. The number of hydrogen-bond donors (Lipinski definition) is 2. The Bertz CT molecular complexity index is 406. The van der Waals surface area contributed by atoms with Crippen molar-refractivity contribution in [2.45, 2.75) is 6.92 Å². The minimum Gasteiger partial charge on any atom is -0.450 e. The van der Waals surface area contributed by atoms with Crippen LogP contribution in [0.5, 0.6) is 0 Å². The van der Waals surface area contributed by atoms with Crippen molar-refractivity contribution in [1.82, 2.24) is 10.6 Å². The van der Waals surface area contributed by atoms with Gasteiger partial charge in [-0.25, -0.2) is 4.79 Å². The highest BCUT2D eigenvalue weighted by Crippen LogP contribution is 2.10. The molecule has 18 heavy (non-hydrogen) atoms. The van der Waals surface area contributed by atoms with E-state index in [9.17, 15) is 9.59 Å². The van der Waals surface area contributed by atoms with Crippen molar-refractivity contribution in [2.24, 2.45) is 0 Å². The third kappa shape index (κ3) is 5.18. The van der Waals surface area contributed by atoms with Crippen LogP contribution in [0.4, 0.5) is 4.79 Å². The van der Waals surface area contributed by atoms with Crippen LogP contribution in [0.2, 0.25) is 0 Å². The molecular weight excluding hydrogens is 300 g/mol. The lowest BCUT2D eigenvalue weighted by molar-refractivity contribution is 0.0952. The topological polar surface area (TPSA) is 67.4 Å². The molecule has 1 aromatic carbocycles. The Morgan fingerprint density at radius 2 is 1.78 bits per heavy atom. The molecule has 0 aliphatic rings.